The van der Waals surface area contributed by atoms with Gasteiger partial charge in [-0.05, 0) is 23.7 Å². The van der Waals surface area contributed by atoms with Gasteiger partial charge in [-0.1, -0.05) is 34.8 Å². The van der Waals surface area contributed by atoms with Crippen molar-refractivity contribution in [3.8, 4) is 5.69 Å². The highest BCUT2D eigenvalue weighted by atomic mass is 35.5. The van der Waals surface area contributed by atoms with Gasteiger partial charge in [0.2, 0.25) is 0 Å². The first-order valence-corrected chi connectivity index (χ1v) is 6.71. The van der Waals surface area contributed by atoms with Crippen LogP contribution in [0, 0.1) is 0 Å². The number of nitrogens with one attached hydrogen (secondary N) is 1. The fraction of sp³-hybridized carbons (Fsp3) is 0.0909. The summed E-state index contributed by atoms with van der Waals surface area (Å²) in [5.74, 6) is 0. The van der Waals surface area contributed by atoms with Gasteiger partial charge in [-0.25, -0.2) is 9.36 Å². The molecule has 0 bridgehead atoms. The Morgan fingerprint density at radius 1 is 1.05 bits per heavy atom. The second kappa shape index (κ2) is 5.61. The van der Waals surface area contributed by atoms with Crippen LogP contribution in [0.2, 0.25) is 15.1 Å². The molecule has 0 aliphatic carbocycles. The van der Waals surface area contributed by atoms with Crippen LogP contribution in [-0.4, -0.2) is 9.55 Å². The monoisotopic (exact) mass is 374 g/mol. The summed E-state index contributed by atoms with van der Waals surface area (Å²) in [6, 6.07) is 2.98. The molecule has 1 heterocycles. The van der Waals surface area contributed by atoms with Gasteiger partial charge in [0, 0.05) is 11.1 Å². The molecule has 0 saturated carbocycles. The number of hydrogen-bond donors (Lipinski definition) is 1. The average Bonchev–Trinajstić information content (AvgIpc) is 2.29. The minimum absolute atomic E-state index is 0.0921. The quantitative estimate of drug-likeness (QED) is 0.812. The van der Waals surface area contributed by atoms with Gasteiger partial charge < -0.3 is 4.98 Å². The molecule has 21 heavy (non-hydrogen) atoms. The van der Waals surface area contributed by atoms with E-state index in [-0.39, 0.29) is 20.8 Å². The first kappa shape index (κ1) is 16.3. The van der Waals surface area contributed by atoms with E-state index in [0.29, 0.717) is 10.6 Å². The summed E-state index contributed by atoms with van der Waals surface area (Å²) in [4.78, 5) is 25.6. The van der Waals surface area contributed by atoms with Crippen LogP contribution in [0.3, 0.4) is 0 Å². The van der Waals surface area contributed by atoms with E-state index in [2.05, 4.69) is 0 Å². The van der Waals surface area contributed by atoms with Crippen molar-refractivity contribution in [2.24, 2.45) is 0 Å². The topological polar surface area (TPSA) is 54.9 Å². The Balaban J connectivity index is 2.79. The number of rotatable bonds is 2. The second-order valence-electron chi connectivity index (χ2n) is 3.88. The Bertz CT molecular complexity index is 772. The molecule has 0 aliphatic heterocycles. The van der Waals surface area contributed by atoms with E-state index in [4.69, 9.17) is 46.4 Å². The second-order valence-corrected chi connectivity index (χ2v) is 5.60. The lowest BCUT2D eigenvalue weighted by Gasteiger charge is -2.12. The van der Waals surface area contributed by atoms with Crippen LogP contribution in [0.1, 0.15) is 5.69 Å². The minimum atomic E-state index is -3.88. The highest BCUT2D eigenvalue weighted by Gasteiger charge is 2.30. The predicted octanol–water partition coefficient (Wildman–Crippen LogP) is 3.77. The number of aromatic nitrogens is 2. The number of halogens is 6. The lowest BCUT2D eigenvalue weighted by atomic mass is 10.3. The van der Waals surface area contributed by atoms with E-state index >= 15 is 0 Å². The zero-order valence-corrected chi connectivity index (χ0v) is 12.8. The third kappa shape index (κ3) is 3.23. The van der Waals surface area contributed by atoms with Crippen LogP contribution in [0.25, 0.3) is 5.69 Å². The van der Waals surface area contributed by atoms with Gasteiger partial charge in [-0.2, -0.15) is 8.78 Å². The molecule has 10 heteroatoms. The molecule has 1 aromatic heterocycles. The van der Waals surface area contributed by atoms with E-state index in [9.17, 15) is 18.4 Å². The first-order chi connectivity index (χ1) is 9.61. The van der Waals surface area contributed by atoms with E-state index < -0.39 is 22.3 Å². The van der Waals surface area contributed by atoms with E-state index in [0.717, 1.165) is 0 Å². The maximum Gasteiger partial charge on any atom is 0.362 e. The summed E-state index contributed by atoms with van der Waals surface area (Å²) in [5, 5.41) is -3.89. The highest BCUT2D eigenvalue weighted by Crippen LogP contribution is 2.32. The standard InChI is InChI=1S/C11H4Cl4F2N2O2/c12-4-1-5(13)9(6(14)2-4)19-8(20)3-7(11(15,16)17)18-10(19)21/h1-3H,(H,18,21). The summed E-state index contributed by atoms with van der Waals surface area (Å²) >= 11 is 22.3. The zero-order chi connectivity index (χ0) is 15.9. The summed E-state index contributed by atoms with van der Waals surface area (Å²) < 4.78 is 26.4. The molecule has 0 amide bonds. The Labute approximate surface area is 135 Å². The maximum absolute atomic E-state index is 12.9. The van der Waals surface area contributed by atoms with Crippen molar-refractivity contribution >= 4 is 46.4 Å². The number of aromatic amines is 1. The van der Waals surface area contributed by atoms with Crippen molar-refractivity contribution in [3.05, 3.63) is 59.8 Å². The molecule has 2 rings (SSSR count). The molecule has 1 aromatic carbocycles. The molecule has 0 unspecified atom stereocenters. The molecule has 2 aromatic rings. The van der Waals surface area contributed by atoms with Crippen molar-refractivity contribution in [3.63, 3.8) is 0 Å². The van der Waals surface area contributed by atoms with Gasteiger partial charge in [0.1, 0.15) is 5.69 Å². The molecule has 112 valence electrons. The smallest absolute Gasteiger partial charge is 0.304 e. The largest absolute Gasteiger partial charge is 0.362 e. The van der Waals surface area contributed by atoms with E-state index in [1.165, 1.54) is 12.1 Å². The Hall–Kier alpha value is -1.08. The van der Waals surface area contributed by atoms with Crippen LogP contribution in [-0.2, 0) is 5.38 Å². The number of H-pyrrole nitrogens is 1. The summed E-state index contributed by atoms with van der Waals surface area (Å²) in [6.07, 6.45) is 0. The van der Waals surface area contributed by atoms with Crippen molar-refractivity contribution in [2.75, 3.05) is 0 Å². The van der Waals surface area contributed by atoms with E-state index in [1.54, 1.807) is 4.98 Å². The van der Waals surface area contributed by atoms with Gasteiger partial charge in [-0.15, -0.1) is 0 Å². The van der Waals surface area contributed by atoms with Crippen LogP contribution in [0.4, 0.5) is 8.78 Å². The third-order valence-corrected chi connectivity index (χ3v) is 3.44. The molecule has 0 fully saturated rings. The average molecular weight is 376 g/mol. The van der Waals surface area contributed by atoms with Crippen molar-refractivity contribution in [2.45, 2.75) is 5.38 Å². The molecule has 0 saturated heterocycles. The van der Waals surface area contributed by atoms with Crippen molar-refractivity contribution in [1.82, 2.24) is 9.55 Å². The van der Waals surface area contributed by atoms with Crippen LogP contribution < -0.4 is 11.2 Å². The fourth-order valence-corrected chi connectivity index (χ4v) is 2.70. The SMILES string of the molecule is O=c1cc(C(F)(F)Cl)[nH]c(=O)n1-c1c(Cl)cc(Cl)cc1Cl. The highest BCUT2D eigenvalue weighted by molar-refractivity contribution is 6.40. The van der Waals surface area contributed by atoms with Crippen LogP contribution in [0.15, 0.2) is 27.8 Å². The molecular formula is C11H4Cl4F2N2O2. The molecule has 1 N–H and O–H groups in total. The lowest BCUT2D eigenvalue weighted by molar-refractivity contribution is 0.0892. The van der Waals surface area contributed by atoms with Crippen molar-refractivity contribution < 1.29 is 8.78 Å². The van der Waals surface area contributed by atoms with Crippen LogP contribution in [0.5, 0.6) is 0 Å². The third-order valence-electron chi connectivity index (χ3n) is 2.44. The normalized spacial score (nSPS) is 11.7. The molecule has 0 radical (unpaired) electrons. The van der Waals surface area contributed by atoms with Gasteiger partial charge in [-0.3, -0.25) is 4.79 Å². The fourth-order valence-electron chi connectivity index (χ4n) is 1.61. The Morgan fingerprint density at radius 3 is 2.00 bits per heavy atom. The number of hydrogen-bond acceptors (Lipinski definition) is 2. The lowest BCUT2D eigenvalue weighted by Crippen LogP contribution is -2.36. The minimum Gasteiger partial charge on any atom is -0.304 e. The number of nitrogens with zero attached hydrogens (tertiary/aromatic N) is 1. The van der Waals surface area contributed by atoms with Crippen LogP contribution >= 0.6 is 46.4 Å². The van der Waals surface area contributed by atoms with Gasteiger partial charge in [0.15, 0.2) is 0 Å². The zero-order valence-electron chi connectivity index (χ0n) is 9.76. The summed E-state index contributed by atoms with van der Waals surface area (Å²) in [5.41, 5.74) is -3.43. The molecule has 0 spiro atoms. The van der Waals surface area contributed by atoms with Gasteiger partial charge in [0.05, 0.1) is 15.7 Å². The van der Waals surface area contributed by atoms with Crippen molar-refractivity contribution in [1.29, 1.82) is 0 Å². The summed E-state index contributed by atoms with van der Waals surface area (Å²) in [7, 11) is 0. The maximum atomic E-state index is 12.9. The molecule has 0 atom stereocenters. The van der Waals surface area contributed by atoms with E-state index in [1.807, 2.05) is 0 Å². The van der Waals surface area contributed by atoms with Gasteiger partial charge in [0.25, 0.3) is 5.56 Å². The number of alkyl halides is 3. The molecule has 0 aliphatic rings. The van der Waals surface area contributed by atoms with Gasteiger partial charge >= 0.3 is 11.1 Å². The number of benzene rings is 1. The summed E-state index contributed by atoms with van der Waals surface area (Å²) in [6.45, 7) is 0. The Morgan fingerprint density at radius 2 is 1.57 bits per heavy atom. The Kier molecular flexibility index (Phi) is 4.35. The predicted molar refractivity (Wildman–Crippen MR) is 77.4 cm³/mol. The molecular weight excluding hydrogens is 372 g/mol. The molecule has 4 nitrogen and oxygen atoms in total. The first-order valence-electron chi connectivity index (χ1n) is 5.20.